The van der Waals surface area contributed by atoms with Crippen LogP contribution in [0.25, 0.3) is 5.57 Å². The van der Waals surface area contributed by atoms with Crippen LogP contribution in [0.3, 0.4) is 0 Å². The zero-order chi connectivity index (χ0) is 27.4. The maximum atomic E-state index is 12.6. The first-order valence-corrected chi connectivity index (χ1v) is 12.6. The molecule has 7 nitrogen and oxygen atoms in total. The number of alkyl halides is 3. The van der Waals surface area contributed by atoms with Gasteiger partial charge in [-0.15, -0.1) is 0 Å². The summed E-state index contributed by atoms with van der Waals surface area (Å²) < 4.78 is 40.6. The number of ether oxygens (including phenoxy) is 1. The number of carbonyl (C=O) groups excluding carboxylic acids is 3. The van der Waals surface area contributed by atoms with Gasteiger partial charge < -0.3 is 15.0 Å². The molecule has 0 saturated heterocycles. The molecule has 1 amide bonds. The summed E-state index contributed by atoms with van der Waals surface area (Å²) in [5, 5.41) is 3.61. The Balaban J connectivity index is 1.37. The Labute approximate surface area is 219 Å². The number of carbonyl (C=O) groups is 3. The number of benzene rings is 2. The van der Waals surface area contributed by atoms with Gasteiger partial charge >= 0.3 is 18.1 Å². The smallest absolute Gasteiger partial charge is 0.385 e. The highest BCUT2D eigenvalue weighted by molar-refractivity contribution is 5.95. The molecule has 0 fully saturated rings. The van der Waals surface area contributed by atoms with E-state index < -0.39 is 24.7 Å². The first kappa shape index (κ1) is 27.4. The van der Waals surface area contributed by atoms with Crippen molar-refractivity contribution in [2.75, 3.05) is 29.9 Å². The average Bonchev–Trinajstić information content (AvgIpc) is 2.89. The van der Waals surface area contributed by atoms with E-state index in [1.54, 1.807) is 4.90 Å². The minimum atomic E-state index is -5.20. The largest absolute Gasteiger partial charge is 0.491 e. The maximum absolute atomic E-state index is 12.6. The average molecular weight is 530 g/mol. The Bertz CT molecular complexity index is 1230. The highest BCUT2D eigenvalue weighted by atomic mass is 19.4. The predicted octanol–water partition coefficient (Wildman–Crippen LogP) is 5.10. The fourth-order valence-corrected chi connectivity index (χ4v) is 4.97. The molecule has 0 spiro atoms. The zero-order valence-electron chi connectivity index (χ0n) is 21.3. The van der Waals surface area contributed by atoms with Crippen molar-refractivity contribution in [2.24, 2.45) is 0 Å². The zero-order valence-corrected chi connectivity index (χ0v) is 21.3. The maximum Gasteiger partial charge on any atom is 0.491 e. The Hall–Kier alpha value is -3.66. The van der Waals surface area contributed by atoms with Crippen LogP contribution < -0.4 is 10.2 Å². The molecular formula is C28H30F3N3O4. The van der Waals surface area contributed by atoms with Gasteiger partial charge in [0.05, 0.1) is 12.6 Å². The molecule has 38 heavy (non-hydrogen) atoms. The minimum Gasteiger partial charge on any atom is -0.385 e. The summed E-state index contributed by atoms with van der Waals surface area (Å²) in [6.45, 7) is 4.35. The number of anilines is 2. The molecule has 2 aliphatic heterocycles. The highest BCUT2D eigenvalue weighted by Crippen LogP contribution is 2.39. The second-order valence-corrected chi connectivity index (χ2v) is 9.51. The summed E-state index contributed by atoms with van der Waals surface area (Å²) in [6.07, 6.45) is -1.44. The molecule has 2 aromatic carbocycles. The molecule has 0 unspecified atom stereocenters. The standard InChI is InChI=1S/C28H30F3N3O4/c1-3-25(35)34-18(2)16-23(22-6-4-5-7-24(22)34)32-21-10-8-19(9-11-21)20-12-14-33(15-13-20)17-26(36)38-27(37)28(29,30)31/h4-12,18,23,32H,3,13-17H2,1-2H3/t18-,23+/m0/s1. The molecule has 2 aromatic rings. The van der Waals surface area contributed by atoms with Gasteiger partial charge in [-0.1, -0.05) is 43.3 Å². The summed E-state index contributed by atoms with van der Waals surface area (Å²) in [5.74, 6) is -3.61. The van der Waals surface area contributed by atoms with Crippen molar-refractivity contribution in [3.8, 4) is 0 Å². The fourth-order valence-electron chi connectivity index (χ4n) is 4.97. The van der Waals surface area contributed by atoms with Crippen molar-refractivity contribution < 1.29 is 32.3 Å². The van der Waals surface area contributed by atoms with E-state index in [1.165, 1.54) is 0 Å². The van der Waals surface area contributed by atoms with Crippen LogP contribution >= 0.6 is 0 Å². The van der Waals surface area contributed by atoms with Crippen LogP contribution in [-0.2, 0) is 19.1 Å². The first-order valence-electron chi connectivity index (χ1n) is 12.6. The summed E-state index contributed by atoms with van der Waals surface area (Å²) >= 11 is 0. The van der Waals surface area contributed by atoms with Gasteiger partial charge in [0.1, 0.15) is 0 Å². The van der Waals surface area contributed by atoms with Gasteiger partial charge in [0.25, 0.3) is 0 Å². The van der Waals surface area contributed by atoms with E-state index in [2.05, 4.69) is 23.0 Å². The molecule has 0 aromatic heterocycles. The number of fused-ring (bicyclic) bond motifs is 1. The third-order valence-electron chi connectivity index (χ3n) is 6.84. The van der Waals surface area contributed by atoms with Crippen LogP contribution in [0.15, 0.2) is 54.6 Å². The minimum absolute atomic E-state index is 0.0550. The number of halogens is 3. The van der Waals surface area contributed by atoms with Crippen LogP contribution in [0.5, 0.6) is 0 Å². The Morgan fingerprint density at radius 1 is 1.08 bits per heavy atom. The second kappa shape index (κ2) is 11.4. The number of amides is 1. The number of para-hydroxylation sites is 1. The van der Waals surface area contributed by atoms with Gasteiger partial charge in [-0.25, -0.2) is 4.79 Å². The predicted molar refractivity (Wildman–Crippen MR) is 137 cm³/mol. The molecule has 0 saturated carbocycles. The van der Waals surface area contributed by atoms with Crippen molar-refractivity contribution in [1.82, 2.24) is 4.90 Å². The van der Waals surface area contributed by atoms with Crippen molar-refractivity contribution >= 4 is 34.8 Å². The second-order valence-electron chi connectivity index (χ2n) is 9.51. The van der Waals surface area contributed by atoms with E-state index in [0.717, 1.165) is 34.5 Å². The van der Waals surface area contributed by atoms with E-state index in [-0.39, 0.29) is 18.0 Å². The molecule has 2 atom stereocenters. The van der Waals surface area contributed by atoms with Crippen molar-refractivity contribution in [3.63, 3.8) is 0 Å². The number of nitrogens with one attached hydrogen (secondary N) is 1. The van der Waals surface area contributed by atoms with Crippen LogP contribution in [-0.4, -0.2) is 54.6 Å². The first-order chi connectivity index (χ1) is 18.1. The SMILES string of the molecule is CCC(=O)N1c2ccccc2[C@H](Nc2ccc(C3=CCN(CC(=O)OC(=O)C(F)(F)F)CC3)cc2)C[C@@H]1C. The van der Waals surface area contributed by atoms with E-state index in [0.29, 0.717) is 25.9 Å². The summed E-state index contributed by atoms with van der Waals surface area (Å²) in [5.41, 5.74) is 5.06. The molecule has 0 radical (unpaired) electrons. The monoisotopic (exact) mass is 529 g/mol. The number of hydrogen-bond donors (Lipinski definition) is 1. The van der Waals surface area contributed by atoms with E-state index >= 15 is 0 Å². The molecule has 202 valence electrons. The topological polar surface area (TPSA) is 79.0 Å². The van der Waals surface area contributed by atoms with Gasteiger partial charge in [-0.2, -0.15) is 13.2 Å². The molecule has 4 rings (SSSR count). The summed E-state index contributed by atoms with van der Waals surface area (Å²) in [7, 11) is 0. The molecule has 0 aliphatic carbocycles. The fraction of sp³-hybridized carbons (Fsp3) is 0.393. The van der Waals surface area contributed by atoms with E-state index in [4.69, 9.17) is 0 Å². The lowest BCUT2D eigenvalue weighted by Gasteiger charge is -2.40. The lowest BCUT2D eigenvalue weighted by molar-refractivity contribution is -0.202. The van der Waals surface area contributed by atoms with Gasteiger partial charge in [0, 0.05) is 36.9 Å². The van der Waals surface area contributed by atoms with Crippen LogP contribution in [0.2, 0.25) is 0 Å². The molecule has 10 heteroatoms. The Morgan fingerprint density at radius 3 is 2.42 bits per heavy atom. The van der Waals surface area contributed by atoms with E-state index in [9.17, 15) is 27.6 Å². The summed E-state index contributed by atoms with van der Waals surface area (Å²) in [4.78, 5) is 38.6. The number of rotatable bonds is 6. The molecular weight excluding hydrogens is 499 g/mol. The van der Waals surface area contributed by atoms with Gasteiger partial charge in [-0.05, 0) is 54.7 Å². The third-order valence-corrected chi connectivity index (χ3v) is 6.84. The number of hydrogen-bond acceptors (Lipinski definition) is 6. The van der Waals surface area contributed by atoms with Gasteiger partial charge in [0.15, 0.2) is 0 Å². The van der Waals surface area contributed by atoms with Crippen LogP contribution in [0, 0.1) is 0 Å². The third kappa shape index (κ3) is 6.24. The lowest BCUT2D eigenvalue weighted by Crippen LogP contribution is -2.44. The number of nitrogens with zero attached hydrogens (tertiary/aromatic N) is 2. The lowest BCUT2D eigenvalue weighted by atomic mass is 9.91. The number of esters is 2. The summed E-state index contributed by atoms with van der Waals surface area (Å²) in [6, 6.07) is 16.1. The molecule has 2 aliphatic rings. The van der Waals surface area contributed by atoms with Gasteiger partial charge in [-0.3, -0.25) is 14.5 Å². The van der Waals surface area contributed by atoms with Crippen molar-refractivity contribution in [2.45, 2.75) is 51.4 Å². The van der Waals surface area contributed by atoms with Crippen molar-refractivity contribution in [1.29, 1.82) is 0 Å². The normalized spacial score (nSPS) is 19.8. The molecule has 0 bridgehead atoms. The van der Waals surface area contributed by atoms with Crippen LogP contribution in [0.4, 0.5) is 24.5 Å². The molecule has 2 heterocycles. The van der Waals surface area contributed by atoms with E-state index in [1.807, 2.05) is 60.4 Å². The quantitative estimate of drug-likeness (QED) is 0.415. The van der Waals surface area contributed by atoms with Crippen molar-refractivity contribution in [3.05, 3.63) is 65.7 Å². The Kier molecular flexibility index (Phi) is 8.20. The van der Waals surface area contributed by atoms with Gasteiger partial charge in [0.2, 0.25) is 5.91 Å². The highest BCUT2D eigenvalue weighted by Gasteiger charge is 2.42. The van der Waals surface area contributed by atoms with Crippen LogP contribution in [0.1, 0.15) is 50.3 Å². The molecule has 1 N–H and O–H groups in total. The Morgan fingerprint density at radius 2 is 1.79 bits per heavy atom.